The number of aromatic nitrogens is 2. The lowest BCUT2D eigenvalue weighted by atomic mass is 10.3. The van der Waals surface area contributed by atoms with Crippen LogP contribution in [0.15, 0.2) is 17.4 Å². The third-order valence-corrected chi connectivity index (χ3v) is 3.79. The molecule has 0 bridgehead atoms. The van der Waals surface area contributed by atoms with Crippen molar-refractivity contribution >= 4 is 11.8 Å². The maximum absolute atomic E-state index is 5.53. The van der Waals surface area contributed by atoms with Crippen LogP contribution in [0.4, 0.5) is 0 Å². The Morgan fingerprint density at radius 3 is 3.20 bits per heavy atom. The van der Waals surface area contributed by atoms with E-state index in [-0.39, 0.29) is 0 Å². The summed E-state index contributed by atoms with van der Waals surface area (Å²) in [5, 5.41) is 1.28. The van der Waals surface area contributed by atoms with Gasteiger partial charge in [-0.1, -0.05) is 11.8 Å². The average molecular weight is 225 g/mol. The zero-order chi connectivity index (χ0) is 10.7. The van der Waals surface area contributed by atoms with Crippen LogP contribution in [0, 0.1) is 0 Å². The summed E-state index contributed by atoms with van der Waals surface area (Å²) in [7, 11) is 0. The van der Waals surface area contributed by atoms with E-state index in [0.29, 0.717) is 17.9 Å². The lowest BCUT2D eigenvalue weighted by molar-refractivity contribution is 0.127. The summed E-state index contributed by atoms with van der Waals surface area (Å²) >= 11 is 1.69. The van der Waals surface area contributed by atoms with Crippen LogP contribution in [0.5, 0.6) is 0 Å². The molecule has 0 spiro atoms. The van der Waals surface area contributed by atoms with Crippen LogP contribution in [0.25, 0.3) is 0 Å². The molecule has 2 rings (SSSR count). The van der Waals surface area contributed by atoms with Crippen molar-refractivity contribution in [2.24, 2.45) is 5.73 Å². The number of rotatable bonds is 3. The van der Waals surface area contributed by atoms with Gasteiger partial charge in [-0.3, -0.25) is 0 Å². The first kappa shape index (κ1) is 10.9. The first-order valence-corrected chi connectivity index (χ1v) is 5.98. The third-order valence-electron chi connectivity index (χ3n) is 2.46. The quantitative estimate of drug-likeness (QED) is 0.783. The van der Waals surface area contributed by atoms with Crippen molar-refractivity contribution in [1.29, 1.82) is 0 Å². The second-order valence-corrected chi connectivity index (χ2v) is 4.76. The minimum Gasteiger partial charge on any atom is -0.377 e. The van der Waals surface area contributed by atoms with Gasteiger partial charge in [-0.15, -0.1) is 0 Å². The standard InChI is InChI=1S/C10H15N3OS/c1-7-9(3-5-14-7)15-10-12-4-2-8(6-11)13-10/h2,4,7,9H,3,5-6,11H2,1H3. The van der Waals surface area contributed by atoms with Crippen LogP contribution in [0.1, 0.15) is 19.0 Å². The maximum Gasteiger partial charge on any atom is 0.188 e. The predicted octanol–water partition coefficient (Wildman–Crippen LogP) is 1.20. The molecule has 1 aromatic rings. The Balaban J connectivity index is 2.03. The molecule has 2 unspecified atom stereocenters. The maximum atomic E-state index is 5.53. The molecular weight excluding hydrogens is 210 g/mol. The van der Waals surface area contributed by atoms with E-state index >= 15 is 0 Å². The Labute approximate surface area is 93.6 Å². The third kappa shape index (κ3) is 2.68. The molecule has 4 nitrogen and oxygen atoms in total. The molecule has 1 aromatic heterocycles. The van der Waals surface area contributed by atoms with E-state index in [1.165, 1.54) is 0 Å². The van der Waals surface area contributed by atoms with Crippen molar-refractivity contribution in [3.05, 3.63) is 18.0 Å². The molecule has 0 aliphatic carbocycles. The highest BCUT2D eigenvalue weighted by Crippen LogP contribution is 2.30. The second kappa shape index (κ2) is 4.92. The van der Waals surface area contributed by atoms with Gasteiger partial charge in [-0.25, -0.2) is 9.97 Å². The summed E-state index contributed by atoms with van der Waals surface area (Å²) in [5.41, 5.74) is 6.42. The van der Waals surface area contributed by atoms with Crippen molar-refractivity contribution in [2.45, 2.75) is 36.4 Å². The van der Waals surface area contributed by atoms with Crippen molar-refractivity contribution in [3.63, 3.8) is 0 Å². The first-order valence-electron chi connectivity index (χ1n) is 5.10. The number of hydrogen-bond acceptors (Lipinski definition) is 5. The molecule has 0 aromatic carbocycles. The topological polar surface area (TPSA) is 61.0 Å². The highest BCUT2D eigenvalue weighted by molar-refractivity contribution is 7.99. The number of nitrogens with two attached hydrogens (primary N) is 1. The molecule has 2 heterocycles. The summed E-state index contributed by atoms with van der Waals surface area (Å²) < 4.78 is 5.49. The summed E-state index contributed by atoms with van der Waals surface area (Å²) in [6, 6.07) is 1.85. The van der Waals surface area contributed by atoms with E-state index in [1.807, 2.05) is 6.07 Å². The van der Waals surface area contributed by atoms with Crippen molar-refractivity contribution in [1.82, 2.24) is 9.97 Å². The fourth-order valence-electron chi connectivity index (χ4n) is 1.55. The van der Waals surface area contributed by atoms with Crippen LogP contribution >= 0.6 is 11.8 Å². The zero-order valence-corrected chi connectivity index (χ0v) is 9.54. The Kier molecular flexibility index (Phi) is 3.56. The summed E-state index contributed by atoms with van der Waals surface area (Å²) in [4.78, 5) is 8.59. The molecule has 0 radical (unpaired) electrons. The number of nitrogens with zero attached hydrogens (tertiary/aromatic N) is 2. The van der Waals surface area contributed by atoms with E-state index in [1.54, 1.807) is 18.0 Å². The predicted molar refractivity (Wildman–Crippen MR) is 59.6 cm³/mol. The van der Waals surface area contributed by atoms with Gasteiger partial charge in [0.05, 0.1) is 11.8 Å². The lowest BCUT2D eigenvalue weighted by Crippen LogP contribution is -2.14. The van der Waals surface area contributed by atoms with Gasteiger partial charge in [-0.2, -0.15) is 0 Å². The average Bonchev–Trinajstić information content (AvgIpc) is 2.65. The smallest absolute Gasteiger partial charge is 0.188 e. The van der Waals surface area contributed by atoms with E-state index in [9.17, 15) is 0 Å². The van der Waals surface area contributed by atoms with Crippen molar-refractivity contribution < 1.29 is 4.74 Å². The summed E-state index contributed by atoms with van der Waals surface area (Å²) in [5.74, 6) is 0. The van der Waals surface area contributed by atoms with Crippen LogP contribution in [0.3, 0.4) is 0 Å². The van der Waals surface area contributed by atoms with Gasteiger partial charge in [0.25, 0.3) is 0 Å². The highest BCUT2D eigenvalue weighted by atomic mass is 32.2. The molecule has 82 valence electrons. The number of hydrogen-bond donors (Lipinski definition) is 1. The van der Waals surface area contributed by atoms with Gasteiger partial charge in [0.2, 0.25) is 0 Å². The second-order valence-electron chi connectivity index (χ2n) is 3.56. The highest BCUT2D eigenvalue weighted by Gasteiger charge is 2.25. The van der Waals surface area contributed by atoms with E-state index in [2.05, 4.69) is 16.9 Å². The molecule has 15 heavy (non-hydrogen) atoms. The minimum absolute atomic E-state index is 0.292. The summed E-state index contributed by atoms with van der Waals surface area (Å²) in [6.45, 7) is 3.40. The molecular formula is C10H15N3OS. The molecule has 1 fully saturated rings. The van der Waals surface area contributed by atoms with Crippen molar-refractivity contribution in [3.8, 4) is 0 Å². The molecule has 1 aliphatic heterocycles. The molecule has 5 heteroatoms. The monoisotopic (exact) mass is 225 g/mol. The molecule has 1 aliphatic rings. The first-order chi connectivity index (χ1) is 7.29. The van der Waals surface area contributed by atoms with Gasteiger partial charge in [0.15, 0.2) is 5.16 Å². The Bertz CT molecular complexity index is 334. The minimum atomic E-state index is 0.292. The van der Waals surface area contributed by atoms with Gasteiger partial charge in [0.1, 0.15) is 0 Å². The van der Waals surface area contributed by atoms with Crippen LogP contribution in [-0.4, -0.2) is 27.9 Å². The van der Waals surface area contributed by atoms with Crippen molar-refractivity contribution in [2.75, 3.05) is 6.61 Å². The molecule has 2 atom stereocenters. The van der Waals surface area contributed by atoms with Crippen LogP contribution < -0.4 is 5.73 Å². The van der Waals surface area contributed by atoms with E-state index < -0.39 is 0 Å². The normalized spacial score (nSPS) is 25.7. The number of ether oxygens (including phenoxy) is 1. The fraction of sp³-hybridized carbons (Fsp3) is 0.600. The Morgan fingerprint density at radius 1 is 1.67 bits per heavy atom. The SMILES string of the molecule is CC1OCCC1Sc1nccc(CN)n1. The lowest BCUT2D eigenvalue weighted by Gasteiger charge is -2.12. The molecule has 1 saturated heterocycles. The molecule has 0 amide bonds. The zero-order valence-electron chi connectivity index (χ0n) is 8.72. The van der Waals surface area contributed by atoms with Gasteiger partial charge in [0, 0.05) is 24.6 Å². The number of thioether (sulfide) groups is 1. The van der Waals surface area contributed by atoms with Gasteiger partial charge >= 0.3 is 0 Å². The Hall–Kier alpha value is -0.650. The van der Waals surface area contributed by atoms with Crippen LogP contribution in [0.2, 0.25) is 0 Å². The molecule has 0 saturated carbocycles. The van der Waals surface area contributed by atoms with E-state index in [4.69, 9.17) is 10.5 Å². The fourth-order valence-corrected chi connectivity index (χ4v) is 2.60. The largest absolute Gasteiger partial charge is 0.377 e. The summed E-state index contributed by atoms with van der Waals surface area (Å²) in [6.07, 6.45) is 3.13. The van der Waals surface area contributed by atoms with Gasteiger partial charge in [-0.05, 0) is 19.4 Å². The van der Waals surface area contributed by atoms with Gasteiger partial charge < -0.3 is 10.5 Å². The molecule has 2 N–H and O–H groups in total. The van der Waals surface area contributed by atoms with E-state index in [0.717, 1.165) is 23.9 Å². The Morgan fingerprint density at radius 2 is 2.53 bits per heavy atom. The van der Waals surface area contributed by atoms with Crippen LogP contribution in [-0.2, 0) is 11.3 Å².